The van der Waals surface area contributed by atoms with Crippen molar-refractivity contribution in [2.24, 2.45) is 0 Å². The molecule has 3 rings (SSSR count). The van der Waals surface area contributed by atoms with Crippen molar-refractivity contribution >= 4 is 22.9 Å². The molecule has 0 spiro atoms. The van der Waals surface area contributed by atoms with E-state index in [9.17, 15) is 4.79 Å². The lowest BCUT2D eigenvalue weighted by Crippen LogP contribution is -2.39. The smallest absolute Gasteiger partial charge is 0.265 e. The van der Waals surface area contributed by atoms with E-state index >= 15 is 0 Å². The first-order valence-corrected chi connectivity index (χ1v) is 8.04. The van der Waals surface area contributed by atoms with Crippen molar-refractivity contribution in [3.8, 4) is 17.0 Å². The number of aliphatic hydroxyl groups is 1. The van der Waals surface area contributed by atoms with E-state index in [4.69, 9.17) is 9.84 Å². The Morgan fingerprint density at radius 1 is 1.41 bits per heavy atom. The van der Waals surface area contributed by atoms with Gasteiger partial charge in [0.25, 0.3) is 5.91 Å². The molecule has 1 aliphatic heterocycles. The van der Waals surface area contributed by atoms with E-state index < -0.39 is 0 Å². The number of aryl methyl sites for hydroxylation is 2. The molecule has 6 heteroatoms. The summed E-state index contributed by atoms with van der Waals surface area (Å²) in [4.78, 5) is 19.5. The summed E-state index contributed by atoms with van der Waals surface area (Å²) in [6.07, 6.45) is 0.546. The molecule has 116 valence electrons. The van der Waals surface area contributed by atoms with Crippen molar-refractivity contribution in [3.05, 3.63) is 28.1 Å². The number of hydrogen-bond acceptors (Lipinski definition) is 5. The average Bonchev–Trinajstić information content (AvgIpc) is 2.84. The lowest BCUT2D eigenvalue weighted by Gasteiger charge is -2.29. The maximum absolute atomic E-state index is 12.1. The zero-order valence-corrected chi connectivity index (χ0v) is 13.4. The van der Waals surface area contributed by atoms with Gasteiger partial charge in [0, 0.05) is 23.6 Å². The van der Waals surface area contributed by atoms with Crippen LogP contribution >= 0.6 is 11.3 Å². The Balaban J connectivity index is 2.02. The molecule has 1 aliphatic rings. The number of ether oxygens (including phenoxy) is 1. The molecule has 0 saturated heterocycles. The van der Waals surface area contributed by atoms with Gasteiger partial charge in [0.05, 0.1) is 16.4 Å². The number of rotatable bonds is 4. The summed E-state index contributed by atoms with van der Waals surface area (Å²) in [6, 6.07) is 5.81. The molecular weight excluding hydrogens is 300 g/mol. The highest BCUT2D eigenvalue weighted by molar-refractivity contribution is 7.11. The van der Waals surface area contributed by atoms with Crippen LogP contribution in [0.4, 0.5) is 5.69 Å². The van der Waals surface area contributed by atoms with Gasteiger partial charge in [-0.3, -0.25) is 4.79 Å². The minimum atomic E-state index is -0.0794. The van der Waals surface area contributed by atoms with Crippen LogP contribution in [0.3, 0.4) is 0 Å². The fourth-order valence-electron chi connectivity index (χ4n) is 2.62. The summed E-state index contributed by atoms with van der Waals surface area (Å²) in [5.74, 6) is 0.621. The van der Waals surface area contributed by atoms with Gasteiger partial charge in [0.2, 0.25) is 0 Å². The third kappa shape index (κ3) is 2.71. The second kappa shape index (κ2) is 6.06. The van der Waals surface area contributed by atoms with Crippen molar-refractivity contribution in [3.63, 3.8) is 0 Å². The Labute approximate surface area is 133 Å². The van der Waals surface area contributed by atoms with Crippen LogP contribution in [0, 0.1) is 13.8 Å². The Bertz CT molecular complexity index is 711. The fourth-order valence-corrected chi connectivity index (χ4v) is 3.46. The van der Waals surface area contributed by atoms with Crippen molar-refractivity contribution in [1.82, 2.24) is 4.98 Å². The number of anilines is 1. The number of nitrogens with zero attached hydrogens (tertiary/aromatic N) is 2. The number of benzene rings is 1. The summed E-state index contributed by atoms with van der Waals surface area (Å²) in [6.45, 7) is 4.63. The van der Waals surface area contributed by atoms with Crippen LogP contribution in [0.1, 0.15) is 16.3 Å². The molecule has 0 bridgehead atoms. The summed E-state index contributed by atoms with van der Waals surface area (Å²) >= 11 is 1.66. The van der Waals surface area contributed by atoms with Crippen LogP contribution < -0.4 is 9.64 Å². The van der Waals surface area contributed by atoms with E-state index in [1.165, 1.54) is 0 Å². The highest BCUT2D eigenvalue weighted by atomic mass is 32.1. The normalized spacial score (nSPS) is 14.0. The minimum Gasteiger partial charge on any atom is -0.482 e. The molecule has 0 unspecified atom stereocenters. The Kier molecular flexibility index (Phi) is 4.13. The first-order chi connectivity index (χ1) is 10.6. The number of hydrogen-bond donors (Lipinski definition) is 1. The lowest BCUT2D eigenvalue weighted by atomic mass is 10.1. The molecule has 2 aromatic rings. The maximum Gasteiger partial charge on any atom is 0.265 e. The van der Waals surface area contributed by atoms with Gasteiger partial charge in [0.15, 0.2) is 6.61 Å². The molecule has 1 aromatic heterocycles. The average molecular weight is 318 g/mol. The number of thiazole rings is 1. The highest BCUT2D eigenvalue weighted by Gasteiger charge is 2.26. The summed E-state index contributed by atoms with van der Waals surface area (Å²) < 4.78 is 5.50. The number of fused-ring (bicyclic) bond motifs is 1. The van der Waals surface area contributed by atoms with Crippen LogP contribution in [0.25, 0.3) is 11.3 Å². The van der Waals surface area contributed by atoms with E-state index in [1.807, 2.05) is 32.0 Å². The number of amides is 1. The highest BCUT2D eigenvalue weighted by Crippen LogP contribution is 2.37. The van der Waals surface area contributed by atoms with Crippen molar-refractivity contribution in [2.45, 2.75) is 20.3 Å². The fraction of sp³-hybridized carbons (Fsp3) is 0.375. The molecule has 1 amide bonds. The molecule has 2 heterocycles. The van der Waals surface area contributed by atoms with E-state index in [2.05, 4.69) is 4.98 Å². The van der Waals surface area contributed by atoms with Crippen LogP contribution in [0.15, 0.2) is 18.2 Å². The molecule has 22 heavy (non-hydrogen) atoms. The second-order valence-corrected chi connectivity index (χ2v) is 6.64. The third-order valence-electron chi connectivity index (χ3n) is 3.62. The van der Waals surface area contributed by atoms with Gasteiger partial charge in [-0.2, -0.15) is 0 Å². The maximum atomic E-state index is 12.1. The number of aliphatic hydroxyl groups excluding tert-OH is 1. The Hall–Kier alpha value is -1.92. The van der Waals surface area contributed by atoms with Crippen LogP contribution in [0.2, 0.25) is 0 Å². The van der Waals surface area contributed by atoms with Gasteiger partial charge in [-0.15, -0.1) is 11.3 Å². The predicted molar refractivity (Wildman–Crippen MR) is 86.6 cm³/mol. The standard InChI is InChI=1S/C16H18N2O3S/c1-10-16(17-11(2)22-10)12-4-5-14-13(8-12)18(6-3-7-19)15(20)9-21-14/h4-5,8,19H,3,6-7,9H2,1-2H3. The van der Waals surface area contributed by atoms with Crippen LogP contribution in [0.5, 0.6) is 5.75 Å². The summed E-state index contributed by atoms with van der Waals surface area (Å²) in [7, 11) is 0. The first-order valence-electron chi connectivity index (χ1n) is 7.22. The Morgan fingerprint density at radius 2 is 2.23 bits per heavy atom. The molecule has 1 N–H and O–H groups in total. The van der Waals surface area contributed by atoms with Crippen LogP contribution in [-0.4, -0.2) is 35.8 Å². The van der Waals surface area contributed by atoms with Gasteiger partial charge in [-0.05, 0) is 38.5 Å². The Morgan fingerprint density at radius 3 is 2.91 bits per heavy atom. The topological polar surface area (TPSA) is 62.7 Å². The van der Waals surface area contributed by atoms with Gasteiger partial charge >= 0.3 is 0 Å². The van der Waals surface area contributed by atoms with Gasteiger partial charge in [-0.1, -0.05) is 0 Å². The summed E-state index contributed by atoms with van der Waals surface area (Å²) in [5.41, 5.74) is 2.69. The molecule has 5 nitrogen and oxygen atoms in total. The largest absolute Gasteiger partial charge is 0.482 e. The quantitative estimate of drug-likeness (QED) is 0.941. The minimum absolute atomic E-state index is 0.0482. The zero-order valence-electron chi connectivity index (χ0n) is 12.6. The zero-order chi connectivity index (χ0) is 15.7. The van der Waals surface area contributed by atoms with Crippen molar-refractivity contribution in [1.29, 1.82) is 0 Å². The first kappa shape index (κ1) is 15.0. The number of carbonyl (C=O) groups excluding carboxylic acids is 1. The monoisotopic (exact) mass is 318 g/mol. The number of aromatic nitrogens is 1. The van der Waals surface area contributed by atoms with E-state index in [0.717, 1.165) is 26.8 Å². The SMILES string of the molecule is Cc1nc(-c2ccc3c(c2)N(CCCO)C(=O)CO3)c(C)s1. The van der Waals surface area contributed by atoms with E-state index in [1.54, 1.807) is 16.2 Å². The number of carbonyl (C=O) groups is 1. The molecule has 0 radical (unpaired) electrons. The van der Waals surface area contributed by atoms with Gasteiger partial charge in [0.1, 0.15) is 5.75 Å². The van der Waals surface area contributed by atoms with Gasteiger partial charge in [-0.25, -0.2) is 4.98 Å². The van der Waals surface area contributed by atoms with E-state index in [0.29, 0.717) is 18.7 Å². The van der Waals surface area contributed by atoms with E-state index in [-0.39, 0.29) is 19.1 Å². The molecular formula is C16H18N2O3S. The molecule has 0 fully saturated rings. The van der Waals surface area contributed by atoms with Crippen molar-refractivity contribution in [2.75, 3.05) is 24.7 Å². The van der Waals surface area contributed by atoms with Crippen molar-refractivity contribution < 1.29 is 14.6 Å². The molecule has 0 aliphatic carbocycles. The third-order valence-corrected chi connectivity index (χ3v) is 4.50. The van der Waals surface area contributed by atoms with Gasteiger partial charge < -0.3 is 14.7 Å². The summed E-state index contributed by atoms with van der Waals surface area (Å²) in [5, 5.41) is 10.0. The predicted octanol–water partition coefficient (Wildman–Crippen LogP) is 2.53. The second-order valence-electron chi connectivity index (χ2n) is 5.23. The molecule has 1 aromatic carbocycles. The molecule has 0 saturated carbocycles. The molecule has 0 atom stereocenters. The lowest BCUT2D eigenvalue weighted by molar-refractivity contribution is -0.121. The van der Waals surface area contributed by atoms with Crippen LogP contribution in [-0.2, 0) is 4.79 Å².